The van der Waals surface area contributed by atoms with E-state index >= 15 is 0 Å². The summed E-state index contributed by atoms with van der Waals surface area (Å²) in [6.07, 6.45) is 1.59. The molecule has 0 N–H and O–H groups in total. The first kappa shape index (κ1) is 15.2. The molecule has 1 spiro atoms. The predicted molar refractivity (Wildman–Crippen MR) is 88.6 cm³/mol. The first-order valence-electron chi connectivity index (χ1n) is 8.82. The number of rotatable bonds is 3. The fraction of sp³-hybridized carbons (Fsp3) is 0.632. The van der Waals surface area contributed by atoms with Gasteiger partial charge in [0.1, 0.15) is 5.72 Å². The second-order valence-corrected chi connectivity index (χ2v) is 7.60. The van der Waals surface area contributed by atoms with E-state index < -0.39 is 0 Å². The number of piperidine rings is 1. The Hall–Kier alpha value is -1.39. The van der Waals surface area contributed by atoms with Crippen molar-refractivity contribution in [2.75, 3.05) is 19.7 Å². The molecule has 0 aliphatic carbocycles. The van der Waals surface area contributed by atoms with Crippen LogP contribution in [0.5, 0.6) is 0 Å². The average Bonchev–Trinajstić information content (AvgIpc) is 3.04. The maximum Gasteiger partial charge on any atom is 0.225 e. The molecule has 0 bridgehead atoms. The molecule has 0 aromatic heterocycles. The zero-order valence-corrected chi connectivity index (χ0v) is 14.1. The molecule has 3 aliphatic rings. The van der Waals surface area contributed by atoms with Gasteiger partial charge in [0, 0.05) is 38.4 Å². The Balaban J connectivity index is 1.51. The van der Waals surface area contributed by atoms with Crippen molar-refractivity contribution in [3.63, 3.8) is 0 Å². The summed E-state index contributed by atoms with van der Waals surface area (Å²) in [5.74, 6) is 1.07. The number of benzene rings is 1. The summed E-state index contributed by atoms with van der Waals surface area (Å²) < 4.78 is 6.29. The van der Waals surface area contributed by atoms with Gasteiger partial charge in [0.15, 0.2) is 0 Å². The molecule has 3 atom stereocenters. The van der Waals surface area contributed by atoms with E-state index in [4.69, 9.17) is 4.74 Å². The molecule has 1 aromatic rings. The smallest absolute Gasteiger partial charge is 0.225 e. The zero-order chi connectivity index (χ0) is 16.0. The van der Waals surface area contributed by atoms with Crippen molar-refractivity contribution in [1.82, 2.24) is 9.80 Å². The van der Waals surface area contributed by atoms with Crippen molar-refractivity contribution in [1.29, 1.82) is 0 Å². The van der Waals surface area contributed by atoms with E-state index in [9.17, 15) is 4.79 Å². The van der Waals surface area contributed by atoms with Crippen molar-refractivity contribution in [2.45, 2.75) is 45.0 Å². The van der Waals surface area contributed by atoms with Gasteiger partial charge in [-0.2, -0.15) is 0 Å². The normalized spacial score (nSPS) is 34.0. The number of ether oxygens (including phenoxy) is 1. The molecule has 23 heavy (non-hydrogen) atoms. The van der Waals surface area contributed by atoms with Crippen molar-refractivity contribution < 1.29 is 9.53 Å². The molecule has 124 valence electrons. The highest BCUT2D eigenvalue weighted by molar-refractivity contribution is 5.81. The summed E-state index contributed by atoms with van der Waals surface area (Å²) in [6, 6.07) is 10.9. The number of carbonyl (C=O) groups is 1. The number of hydrogen-bond acceptors (Lipinski definition) is 3. The zero-order valence-electron chi connectivity index (χ0n) is 14.1. The van der Waals surface area contributed by atoms with Crippen LogP contribution in [0.1, 0.15) is 32.3 Å². The van der Waals surface area contributed by atoms with Crippen LogP contribution in [0.2, 0.25) is 0 Å². The quantitative estimate of drug-likeness (QED) is 0.859. The molecule has 3 aliphatic heterocycles. The maximum absolute atomic E-state index is 12.6. The Morgan fingerprint density at radius 3 is 2.83 bits per heavy atom. The van der Waals surface area contributed by atoms with Gasteiger partial charge in [-0.25, -0.2) is 0 Å². The highest BCUT2D eigenvalue weighted by Gasteiger charge is 2.61. The minimum atomic E-state index is -0.306. The van der Waals surface area contributed by atoms with Crippen molar-refractivity contribution in [3.8, 4) is 0 Å². The molecule has 4 nitrogen and oxygen atoms in total. The standard InChI is InChI=1S/C19H26N2O2/c1-14(2)17-13-23-19-8-9-20(11-15-6-4-3-5-7-15)12-16(19)10-18(22)21(17)19/h3-7,14,16-17H,8-13H2,1-2H3/t16-,17-,19-/m1/s1. The average molecular weight is 314 g/mol. The second-order valence-electron chi connectivity index (χ2n) is 7.60. The molecule has 0 unspecified atom stereocenters. The monoisotopic (exact) mass is 314 g/mol. The Labute approximate surface area is 138 Å². The number of amides is 1. The van der Waals surface area contributed by atoms with Crippen LogP contribution in [-0.4, -0.2) is 47.2 Å². The summed E-state index contributed by atoms with van der Waals surface area (Å²) in [7, 11) is 0. The molecular formula is C19H26N2O2. The second kappa shape index (κ2) is 5.60. The maximum atomic E-state index is 12.6. The molecule has 1 amide bonds. The van der Waals surface area contributed by atoms with Crippen LogP contribution in [-0.2, 0) is 16.1 Å². The lowest BCUT2D eigenvalue weighted by atomic mass is 9.88. The van der Waals surface area contributed by atoms with Gasteiger partial charge in [-0.3, -0.25) is 9.69 Å². The third-order valence-electron chi connectivity index (χ3n) is 5.85. The van der Waals surface area contributed by atoms with E-state index in [0.717, 1.165) is 26.1 Å². The first-order valence-corrected chi connectivity index (χ1v) is 8.82. The minimum Gasteiger partial charge on any atom is -0.353 e. The molecule has 4 rings (SSSR count). The number of hydrogen-bond donors (Lipinski definition) is 0. The fourth-order valence-electron chi connectivity index (χ4n) is 4.63. The number of nitrogens with zero attached hydrogens (tertiary/aromatic N) is 2. The van der Waals surface area contributed by atoms with Crippen LogP contribution in [0.4, 0.5) is 0 Å². The molecule has 0 saturated carbocycles. The third kappa shape index (κ3) is 2.39. The summed E-state index contributed by atoms with van der Waals surface area (Å²) >= 11 is 0. The Morgan fingerprint density at radius 2 is 2.09 bits per heavy atom. The minimum absolute atomic E-state index is 0.258. The van der Waals surface area contributed by atoms with Gasteiger partial charge in [0.05, 0.1) is 12.6 Å². The van der Waals surface area contributed by atoms with Gasteiger partial charge in [0.25, 0.3) is 0 Å². The molecule has 3 saturated heterocycles. The van der Waals surface area contributed by atoms with Crippen LogP contribution in [0.3, 0.4) is 0 Å². The molecule has 1 aromatic carbocycles. The fourth-order valence-corrected chi connectivity index (χ4v) is 4.63. The lowest BCUT2D eigenvalue weighted by Gasteiger charge is -2.44. The Kier molecular flexibility index (Phi) is 3.69. The van der Waals surface area contributed by atoms with Crippen LogP contribution in [0.25, 0.3) is 0 Å². The van der Waals surface area contributed by atoms with Crippen molar-refractivity contribution >= 4 is 5.91 Å². The van der Waals surface area contributed by atoms with Gasteiger partial charge < -0.3 is 9.64 Å². The van der Waals surface area contributed by atoms with E-state index in [-0.39, 0.29) is 11.8 Å². The summed E-state index contributed by atoms with van der Waals surface area (Å²) in [4.78, 5) is 17.2. The molecule has 0 radical (unpaired) electrons. The predicted octanol–water partition coefficient (Wildman–Crippen LogP) is 2.49. The van der Waals surface area contributed by atoms with Crippen LogP contribution >= 0.6 is 0 Å². The lowest BCUT2D eigenvalue weighted by molar-refractivity contribution is -0.151. The number of carbonyl (C=O) groups excluding carboxylic acids is 1. The third-order valence-corrected chi connectivity index (χ3v) is 5.85. The van der Waals surface area contributed by atoms with E-state index in [1.807, 2.05) is 0 Å². The summed E-state index contributed by atoms with van der Waals surface area (Å²) in [5.41, 5.74) is 1.04. The topological polar surface area (TPSA) is 32.8 Å². The number of likely N-dealkylation sites (tertiary alicyclic amines) is 1. The van der Waals surface area contributed by atoms with Gasteiger partial charge in [-0.15, -0.1) is 0 Å². The van der Waals surface area contributed by atoms with Crippen LogP contribution < -0.4 is 0 Å². The molecular weight excluding hydrogens is 288 g/mol. The molecule has 4 heteroatoms. The van der Waals surface area contributed by atoms with E-state index in [0.29, 0.717) is 30.8 Å². The van der Waals surface area contributed by atoms with Crippen molar-refractivity contribution in [2.24, 2.45) is 11.8 Å². The van der Waals surface area contributed by atoms with E-state index in [2.05, 4.69) is 54.0 Å². The largest absolute Gasteiger partial charge is 0.353 e. The highest BCUT2D eigenvalue weighted by atomic mass is 16.5. The van der Waals surface area contributed by atoms with Crippen LogP contribution in [0.15, 0.2) is 30.3 Å². The van der Waals surface area contributed by atoms with Crippen molar-refractivity contribution in [3.05, 3.63) is 35.9 Å². The SMILES string of the molecule is CC(C)[C@H]1CO[C@]23CCN(Cc4ccccc4)C[C@H]2CC(=O)N13. The molecule has 3 heterocycles. The van der Waals surface area contributed by atoms with Gasteiger partial charge >= 0.3 is 0 Å². The summed E-state index contributed by atoms with van der Waals surface area (Å²) in [6.45, 7) is 8.02. The first-order chi connectivity index (χ1) is 11.1. The van der Waals surface area contributed by atoms with Gasteiger partial charge in [-0.05, 0) is 11.5 Å². The van der Waals surface area contributed by atoms with E-state index in [1.54, 1.807) is 0 Å². The lowest BCUT2D eigenvalue weighted by Crippen LogP contribution is -2.56. The van der Waals surface area contributed by atoms with Gasteiger partial charge in [0.2, 0.25) is 5.91 Å². The Morgan fingerprint density at radius 1 is 1.30 bits per heavy atom. The molecule has 3 fully saturated rings. The van der Waals surface area contributed by atoms with E-state index in [1.165, 1.54) is 5.56 Å². The Bertz CT molecular complexity index is 588. The highest BCUT2D eigenvalue weighted by Crippen LogP contribution is 2.49. The van der Waals surface area contributed by atoms with Gasteiger partial charge in [-0.1, -0.05) is 44.2 Å². The van der Waals surface area contributed by atoms with Crippen LogP contribution in [0, 0.1) is 11.8 Å². The summed E-state index contributed by atoms with van der Waals surface area (Å²) in [5, 5.41) is 0.